The molecule has 3 heterocycles. The molecule has 2 aromatic rings. The van der Waals surface area contributed by atoms with Crippen molar-refractivity contribution in [3.05, 3.63) is 40.9 Å². The van der Waals surface area contributed by atoms with Crippen molar-refractivity contribution in [3.8, 4) is 0 Å². The Morgan fingerprint density at radius 1 is 1.17 bits per heavy atom. The number of carbonyl (C=O) groups is 2. The number of halogens is 5. The van der Waals surface area contributed by atoms with Crippen molar-refractivity contribution in [2.75, 3.05) is 35.6 Å². The number of nitrogen functional groups attached to an aromatic ring is 1. The Morgan fingerprint density at radius 3 is 2.61 bits per heavy atom. The van der Waals surface area contributed by atoms with Crippen LogP contribution in [0.2, 0.25) is 5.02 Å². The molecule has 2 aliphatic rings. The van der Waals surface area contributed by atoms with E-state index in [2.05, 4.69) is 15.3 Å². The van der Waals surface area contributed by atoms with E-state index in [4.69, 9.17) is 23.1 Å². The van der Waals surface area contributed by atoms with Crippen molar-refractivity contribution < 1.29 is 27.2 Å². The number of nitrogens with two attached hydrogens (primary N) is 2. The van der Waals surface area contributed by atoms with E-state index in [1.165, 1.54) is 11.0 Å². The van der Waals surface area contributed by atoms with Crippen LogP contribution in [0.15, 0.2) is 24.5 Å². The summed E-state index contributed by atoms with van der Waals surface area (Å²) in [6.07, 6.45) is -2.36. The summed E-state index contributed by atoms with van der Waals surface area (Å²) in [5.41, 5.74) is 10.3. The zero-order valence-corrected chi connectivity index (χ0v) is 19.7. The minimum atomic E-state index is -4.61. The molecule has 0 saturated carbocycles. The van der Waals surface area contributed by atoms with Crippen molar-refractivity contribution >= 4 is 40.7 Å². The number of likely N-dealkylation sites (tertiary alicyclic amines) is 1. The van der Waals surface area contributed by atoms with Crippen molar-refractivity contribution in [2.45, 2.75) is 37.5 Å². The molecule has 4 rings (SSSR count). The fraction of sp³-hybridized carbons (Fsp3) is 0.455. The largest absolute Gasteiger partial charge is 0.416 e. The minimum absolute atomic E-state index is 0.0466. The van der Waals surface area contributed by atoms with Gasteiger partial charge in [-0.15, -0.1) is 0 Å². The van der Waals surface area contributed by atoms with Crippen molar-refractivity contribution in [1.29, 1.82) is 0 Å². The molecule has 0 spiro atoms. The first-order valence-electron chi connectivity index (χ1n) is 11.2. The number of hydrogen-bond donors (Lipinski definition) is 3. The molecule has 0 radical (unpaired) electrons. The molecule has 1 aromatic carbocycles. The third-order valence-corrected chi connectivity index (χ3v) is 6.70. The first-order chi connectivity index (χ1) is 17.0. The first kappa shape index (κ1) is 25.7. The normalized spacial score (nSPS) is 23.0. The molecule has 2 saturated heterocycles. The number of aromatic nitrogens is 2. The van der Waals surface area contributed by atoms with Crippen LogP contribution in [-0.4, -0.2) is 58.4 Å². The van der Waals surface area contributed by atoms with Gasteiger partial charge in [0.15, 0.2) is 11.6 Å². The molecule has 5 N–H and O–H groups in total. The summed E-state index contributed by atoms with van der Waals surface area (Å²) in [6, 6.07) is 1.44. The highest BCUT2D eigenvalue weighted by atomic mass is 35.5. The van der Waals surface area contributed by atoms with E-state index < -0.39 is 47.4 Å². The first-order valence-corrected chi connectivity index (χ1v) is 11.6. The van der Waals surface area contributed by atoms with Gasteiger partial charge in [-0.05, 0) is 37.5 Å². The Hall–Kier alpha value is -3.35. The highest BCUT2D eigenvalue weighted by molar-refractivity contribution is 6.31. The maximum atomic E-state index is 14.6. The van der Waals surface area contributed by atoms with Crippen LogP contribution in [0.5, 0.6) is 0 Å². The Bertz CT molecular complexity index is 1170. The van der Waals surface area contributed by atoms with Gasteiger partial charge in [0, 0.05) is 30.3 Å². The van der Waals surface area contributed by atoms with Gasteiger partial charge in [0.1, 0.15) is 12.4 Å². The smallest absolute Gasteiger partial charge is 0.381 e. The van der Waals surface area contributed by atoms with E-state index in [1.807, 2.05) is 0 Å². The lowest BCUT2D eigenvalue weighted by Gasteiger charge is -2.46. The van der Waals surface area contributed by atoms with Gasteiger partial charge in [-0.2, -0.15) is 17.6 Å². The lowest BCUT2D eigenvalue weighted by atomic mass is 9.87. The molecule has 36 heavy (non-hydrogen) atoms. The molecule has 3 atom stereocenters. The lowest BCUT2D eigenvalue weighted by Crippen LogP contribution is -2.61. The van der Waals surface area contributed by atoms with Crippen molar-refractivity contribution in [1.82, 2.24) is 14.9 Å². The van der Waals surface area contributed by atoms with Gasteiger partial charge < -0.3 is 26.6 Å². The van der Waals surface area contributed by atoms with Gasteiger partial charge in [0.25, 0.3) is 0 Å². The minimum Gasteiger partial charge on any atom is -0.381 e. The summed E-state index contributed by atoms with van der Waals surface area (Å²) in [7, 11) is 0. The SMILES string of the molecule is NC(=O)C1CCN(c2ncnc(N)c2F)CC1N1CCC[C@@H](Nc2cc(Cl)cc(C(F)(F)F)c2)C1=O. The van der Waals surface area contributed by atoms with E-state index in [-0.39, 0.29) is 41.9 Å². The van der Waals surface area contributed by atoms with Crippen molar-refractivity contribution in [2.24, 2.45) is 11.7 Å². The highest BCUT2D eigenvalue weighted by Crippen LogP contribution is 2.35. The zero-order chi connectivity index (χ0) is 26.2. The van der Waals surface area contributed by atoms with E-state index in [0.717, 1.165) is 18.5 Å². The fourth-order valence-corrected chi connectivity index (χ4v) is 5.00. The molecule has 9 nitrogen and oxygen atoms in total. The van der Waals surface area contributed by atoms with Crippen LogP contribution in [0.3, 0.4) is 0 Å². The van der Waals surface area contributed by atoms with E-state index >= 15 is 0 Å². The third kappa shape index (κ3) is 5.25. The maximum Gasteiger partial charge on any atom is 0.416 e. The summed E-state index contributed by atoms with van der Waals surface area (Å²) >= 11 is 5.87. The number of nitrogens with one attached hydrogen (secondary N) is 1. The van der Waals surface area contributed by atoms with Crippen LogP contribution < -0.4 is 21.7 Å². The van der Waals surface area contributed by atoms with Gasteiger partial charge in [-0.1, -0.05) is 11.6 Å². The topological polar surface area (TPSA) is 130 Å². The molecule has 2 amide bonds. The number of amides is 2. The molecule has 2 aliphatic heterocycles. The second kappa shape index (κ2) is 9.96. The summed E-state index contributed by atoms with van der Waals surface area (Å²) in [5, 5.41) is 2.72. The Labute approximate surface area is 208 Å². The molecular weight excluding hydrogens is 506 g/mol. The van der Waals surface area contributed by atoms with Crippen LogP contribution in [0, 0.1) is 11.7 Å². The number of primary amides is 1. The number of carbonyl (C=O) groups excluding carboxylic acids is 2. The molecule has 2 fully saturated rings. The van der Waals surface area contributed by atoms with Gasteiger partial charge in [0.05, 0.1) is 17.5 Å². The van der Waals surface area contributed by atoms with Crippen LogP contribution in [0.1, 0.15) is 24.8 Å². The maximum absolute atomic E-state index is 14.6. The van der Waals surface area contributed by atoms with E-state index in [1.54, 1.807) is 4.90 Å². The third-order valence-electron chi connectivity index (χ3n) is 6.48. The lowest BCUT2D eigenvalue weighted by molar-refractivity contribution is -0.140. The summed E-state index contributed by atoms with van der Waals surface area (Å²) in [6.45, 7) is 0.621. The standard InChI is InChI=1S/C22H24ClF4N7O2/c23-12-6-11(22(25,26)27)7-13(8-12)32-15-2-1-4-34(21(15)36)16-9-33(5-3-14(16)19(29)35)20-17(24)18(28)30-10-31-20/h6-8,10,14-16,32H,1-5,9H2,(H2,29,35)(H2,28,30,31)/t14?,15-,16?/m1/s1. The van der Waals surface area contributed by atoms with Gasteiger partial charge >= 0.3 is 6.18 Å². The predicted molar refractivity (Wildman–Crippen MR) is 125 cm³/mol. The molecule has 0 aliphatic carbocycles. The zero-order valence-electron chi connectivity index (χ0n) is 18.9. The number of alkyl halides is 3. The second-order valence-electron chi connectivity index (χ2n) is 8.80. The Balaban J connectivity index is 1.57. The number of anilines is 3. The summed E-state index contributed by atoms with van der Waals surface area (Å²) < 4.78 is 54.2. The van der Waals surface area contributed by atoms with Crippen molar-refractivity contribution in [3.63, 3.8) is 0 Å². The molecule has 0 bridgehead atoms. The molecular formula is C22H24ClF4N7O2. The predicted octanol–water partition coefficient (Wildman–Crippen LogP) is 2.65. The monoisotopic (exact) mass is 529 g/mol. The number of nitrogens with zero attached hydrogens (tertiary/aromatic N) is 4. The molecule has 2 unspecified atom stereocenters. The van der Waals surface area contributed by atoms with Crippen LogP contribution in [0.25, 0.3) is 0 Å². The summed E-state index contributed by atoms with van der Waals surface area (Å²) in [4.78, 5) is 36.3. The second-order valence-corrected chi connectivity index (χ2v) is 9.24. The van der Waals surface area contributed by atoms with Crippen LogP contribution >= 0.6 is 11.6 Å². The van der Waals surface area contributed by atoms with E-state index in [0.29, 0.717) is 19.4 Å². The average molecular weight is 530 g/mol. The molecule has 1 aromatic heterocycles. The molecule has 14 heteroatoms. The Morgan fingerprint density at radius 2 is 1.92 bits per heavy atom. The molecule has 194 valence electrons. The highest BCUT2D eigenvalue weighted by Gasteiger charge is 2.43. The number of piperidine rings is 2. The Kier molecular flexibility index (Phi) is 7.12. The number of hydrogen-bond acceptors (Lipinski definition) is 7. The van der Waals surface area contributed by atoms with Gasteiger partial charge in [-0.3, -0.25) is 9.59 Å². The van der Waals surface area contributed by atoms with E-state index in [9.17, 15) is 27.2 Å². The quantitative estimate of drug-likeness (QED) is 0.508. The fourth-order valence-electron chi connectivity index (χ4n) is 4.77. The average Bonchev–Trinajstić information content (AvgIpc) is 2.81. The van der Waals surface area contributed by atoms with Crippen LogP contribution in [0.4, 0.5) is 34.9 Å². The summed E-state index contributed by atoms with van der Waals surface area (Å²) in [5.74, 6) is -2.89. The van der Waals surface area contributed by atoms with Gasteiger partial charge in [0.2, 0.25) is 17.6 Å². The number of benzene rings is 1. The van der Waals surface area contributed by atoms with Gasteiger partial charge in [-0.25, -0.2) is 9.97 Å². The number of rotatable bonds is 5. The van der Waals surface area contributed by atoms with Crippen LogP contribution in [-0.2, 0) is 15.8 Å².